The SMILES string of the molecule is CCCCCCN1CNC(CC(C)C)C1=O. The molecular formula is C13H26N2O. The molecule has 3 heteroatoms. The Morgan fingerprint density at radius 3 is 2.75 bits per heavy atom. The summed E-state index contributed by atoms with van der Waals surface area (Å²) in [5.74, 6) is 0.895. The van der Waals surface area contributed by atoms with Crippen LogP contribution in [0.25, 0.3) is 0 Å². The van der Waals surface area contributed by atoms with E-state index in [-0.39, 0.29) is 6.04 Å². The third-order valence-electron chi connectivity index (χ3n) is 3.13. The fourth-order valence-corrected chi connectivity index (χ4v) is 2.18. The number of unbranched alkanes of at least 4 members (excludes halogenated alkanes) is 3. The molecule has 16 heavy (non-hydrogen) atoms. The van der Waals surface area contributed by atoms with Crippen molar-refractivity contribution in [2.45, 2.75) is 58.9 Å². The standard InChI is InChI=1S/C13H26N2O/c1-4-5-6-7-8-15-10-14-12(13(15)16)9-11(2)3/h11-12,14H,4-10H2,1-3H3. The quantitative estimate of drug-likeness (QED) is 0.676. The van der Waals surface area contributed by atoms with Crippen molar-refractivity contribution >= 4 is 5.91 Å². The molecule has 0 bridgehead atoms. The number of nitrogens with one attached hydrogen (secondary N) is 1. The Kier molecular flexibility index (Phi) is 5.81. The molecule has 1 N–H and O–H groups in total. The van der Waals surface area contributed by atoms with E-state index in [9.17, 15) is 4.79 Å². The van der Waals surface area contributed by atoms with Gasteiger partial charge in [-0.1, -0.05) is 40.0 Å². The highest BCUT2D eigenvalue weighted by Crippen LogP contribution is 2.13. The molecule has 0 spiro atoms. The molecule has 0 aliphatic carbocycles. The fourth-order valence-electron chi connectivity index (χ4n) is 2.18. The largest absolute Gasteiger partial charge is 0.329 e. The van der Waals surface area contributed by atoms with Crippen molar-refractivity contribution in [3.8, 4) is 0 Å². The second kappa shape index (κ2) is 6.89. The Bertz CT molecular complexity index is 216. The Morgan fingerprint density at radius 2 is 2.12 bits per heavy atom. The maximum absolute atomic E-state index is 12.0. The highest BCUT2D eigenvalue weighted by molar-refractivity contribution is 5.83. The van der Waals surface area contributed by atoms with Crippen LogP contribution < -0.4 is 5.32 Å². The molecule has 0 aromatic heterocycles. The van der Waals surface area contributed by atoms with Crippen LogP contribution in [-0.2, 0) is 4.79 Å². The smallest absolute Gasteiger partial charge is 0.240 e. The Hall–Kier alpha value is -0.570. The summed E-state index contributed by atoms with van der Waals surface area (Å²) in [6.45, 7) is 8.22. The van der Waals surface area contributed by atoms with Gasteiger partial charge in [-0.3, -0.25) is 10.1 Å². The highest BCUT2D eigenvalue weighted by atomic mass is 16.2. The van der Waals surface area contributed by atoms with Crippen molar-refractivity contribution in [2.24, 2.45) is 5.92 Å². The third-order valence-corrected chi connectivity index (χ3v) is 3.13. The zero-order valence-corrected chi connectivity index (χ0v) is 11.0. The number of rotatable bonds is 7. The molecule has 1 amide bonds. The van der Waals surface area contributed by atoms with Gasteiger partial charge in [-0.2, -0.15) is 0 Å². The topological polar surface area (TPSA) is 32.3 Å². The van der Waals surface area contributed by atoms with E-state index >= 15 is 0 Å². The first kappa shape index (κ1) is 13.5. The van der Waals surface area contributed by atoms with Gasteiger partial charge in [-0.25, -0.2) is 0 Å². The summed E-state index contributed by atoms with van der Waals surface area (Å²) in [5, 5.41) is 3.31. The third kappa shape index (κ3) is 4.12. The van der Waals surface area contributed by atoms with E-state index in [1.165, 1.54) is 19.3 Å². The van der Waals surface area contributed by atoms with E-state index in [1.807, 2.05) is 4.90 Å². The summed E-state index contributed by atoms with van der Waals surface area (Å²) in [7, 11) is 0. The molecule has 1 saturated heterocycles. The first-order valence-electron chi connectivity index (χ1n) is 6.67. The number of amides is 1. The van der Waals surface area contributed by atoms with Crippen molar-refractivity contribution in [1.82, 2.24) is 10.2 Å². The lowest BCUT2D eigenvalue weighted by atomic mass is 10.0. The van der Waals surface area contributed by atoms with Crippen LogP contribution >= 0.6 is 0 Å². The molecule has 94 valence electrons. The maximum Gasteiger partial charge on any atom is 0.240 e. The van der Waals surface area contributed by atoms with Crippen LogP contribution in [0.2, 0.25) is 0 Å². The van der Waals surface area contributed by atoms with Crippen LogP contribution in [0, 0.1) is 5.92 Å². The normalized spacial score (nSPS) is 21.1. The molecule has 0 radical (unpaired) electrons. The average molecular weight is 226 g/mol. The Balaban J connectivity index is 2.22. The van der Waals surface area contributed by atoms with Crippen LogP contribution in [0.1, 0.15) is 52.9 Å². The molecule has 3 nitrogen and oxygen atoms in total. The van der Waals surface area contributed by atoms with Crippen LogP contribution in [0.4, 0.5) is 0 Å². The van der Waals surface area contributed by atoms with Crippen molar-refractivity contribution in [1.29, 1.82) is 0 Å². The van der Waals surface area contributed by atoms with Crippen LogP contribution in [0.3, 0.4) is 0 Å². The van der Waals surface area contributed by atoms with Gasteiger partial charge < -0.3 is 4.90 Å². The summed E-state index contributed by atoms with van der Waals surface area (Å²) >= 11 is 0. The fraction of sp³-hybridized carbons (Fsp3) is 0.923. The van der Waals surface area contributed by atoms with Crippen molar-refractivity contribution in [3.63, 3.8) is 0 Å². The lowest BCUT2D eigenvalue weighted by Gasteiger charge is -2.15. The molecule has 1 aliphatic rings. The second-order valence-corrected chi connectivity index (χ2v) is 5.21. The van der Waals surface area contributed by atoms with Gasteiger partial charge in [0, 0.05) is 6.54 Å². The van der Waals surface area contributed by atoms with Gasteiger partial charge in [0.2, 0.25) is 5.91 Å². The second-order valence-electron chi connectivity index (χ2n) is 5.21. The number of hydrogen-bond donors (Lipinski definition) is 1. The summed E-state index contributed by atoms with van der Waals surface area (Å²) in [5.41, 5.74) is 0. The Labute approximate surface area is 99.6 Å². The zero-order valence-electron chi connectivity index (χ0n) is 11.0. The molecule has 1 heterocycles. The lowest BCUT2D eigenvalue weighted by molar-refractivity contribution is -0.129. The molecular weight excluding hydrogens is 200 g/mol. The molecule has 0 aromatic carbocycles. The van der Waals surface area contributed by atoms with Gasteiger partial charge >= 0.3 is 0 Å². The minimum Gasteiger partial charge on any atom is -0.329 e. The van der Waals surface area contributed by atoms with Gasteiger partial charge in [-0.05, 0) is 18.8 Å². The lowest BCUT2D eigenvalue weighted by Crippen LogP contribution is -2.32. The summed E-state index contributed by atoms with van der Waals surface area (Å²) in [4.78, 5) is 13.9. The van der Waals surface area contributed by atoms with E-state index < -0.39 is 0 Å². The molecule has 1 atom stereocenters. The molecule has 1 rings (SSSR count). The van der Waals surface area contributed by atoms with E-state index in [0.29, 0.717) is 11.8 Å². The number of nitrogens with zero attached hydrogens (tertiary/aromatic N) is 1. The molecule has 1 aliphatic heterocycles. The van der Waals surface area contributed by atoms with Crippen molar-refractivity contribution in [2.75, 3.05) is 13.2 Å². The predicted molar refractivity (Wildman–Crippen MR) is 67.1 cm³/mol. The van der Waals surface area contributed by atoms with Gasteiger partial charge in [0.05, 0.1) is 12.7 Å². The minimum atomic E-state index is 0.0752. The van der Waals surface area contributed by atoms with Crippen molar-refractivity contribution in [3.05, 3.63) is 0 Å². The monoisotopic (exact) mass is 226 g/mol. The average Bonchev–Trinajstić information content (AvgIpc) is 2.56. The van der Waals surface area contributed by atoms with E-state index in [0.717, 1.165) is 26.1 Å². The molecule has 0 aromatic rings. The first-order chi connectivity index (χ1) is 7.65. The zero-order chi connectivity index (χ0) is 12.0. The summed E-state index contributed by atoms with van der Waals surface area (Å²) < 4.78 is 0. The van der Waals surface area contributed by atoms with Gasteiger partial charge in [0.15, 0.2) is 0 Å². The van der Waals surface area contributed by atoms with E-state index in [4.69, 9.17) is 0 Å². The number of carbonyl (C=O) groups excluding carboxylic acids is 1. The van der Waals surface area contributed by atoms with Crippen molar-refractivity contribution < 1.29 is 4.79 Å². The molecule has 0 saturated carbocycles. The van der Waals surface area contributed by atoms with Crippen LogP contribution in [-0.4, -0.2) is 30.1 Å². The highest BCUT2D eigenvalue weighted by Gasteiger charge is 2.30. The molecule has 1 fully saturated rings. The van der Waals surface area contributed by atoms with Gasteiger partial charge in [0.25, 0.3) is 0 Å². The summed E-state index contributed by atoms with van der Waals surface area (Å²) in [6.07, 6.45) is 5.89. The Morgan fingerprint density at radius 1 is 1.38 bits per heavy atom. The maximum atomic E-state index is 12.0. The molecule has 1 unspecified atom stereocenters. The van der Waals surface area contributed by atoms with Gasteiger partial charge in [-0.15, -0.1) is 0 Å². The van der Waals surface area contributed by atoms with E-state index in [2.05, 4.69) is 26.1 Å². The number of carbonyl (C=O) groups is 1. The number of hydrogen-bond acceptors (Lipinski definition) is 2. The van der Waals surface area contributed by atoms with Crippen LogP contribution in [0.15, 0.2) is 0 Å². The van der Waals surface area contributed by atoms with Crippen LogP contribution in [0.5, 0.6) is 0 Å². The minimum absolute atomic E-state index is 0.0752. The predicted octanol–water partition coefficient (Wildman–Crippen LogP) is 2.37. The van der Waals surface area contributed by atoms with E-state index in [1.54, 1.807) is 0 Å². The first-order valence-corrected chi connectivity index (χ1v) is 6.67. The summed E-state index contributed by atoms with van der Waals surface area (Å²) in [6, 6.07) is 0.0752. The van der Waals surface area contributed by atoms with Gasteiger partial charge in [0.1, 0.15) is 0 Å².